The molecule has 0 N–H and O–H groups in total. The standard InChI is InChI=1S/C28H38N2/c1-4-6-7-8-15-21-30-22-20-29-27(30)26(5-2)28(3,25-18-13-10-14-19-25)23-24-16-11-9-12-17-24/h9-14,16-20,22,26H,4-8,15,21,23H2,1-3H3. The van der Waals surface area contributed by atoms with Crippen LogP contribution in [-0.2, 0) is 18.4 Å². The third-order valence-electron chi connectivity index (χ3n) is 6.59. The third kappa shape index (κ3) is 5.41. The molecule has 1 heterocycles. The van der Waals surface area contributed by atoms with Gasteiger partial charge in [0.1, 0.15) is 5.82 Å². The molecule has 0 aliphatic rings. The predicted octanol–water partition coefficient (Wildman–Crippen LogP) is 7.55. The van der Waals surface area contributed by atoms with Gasteiger partial charge in [-0.1, -0.05) is 107 Å². The van der Waals surface area contributed by atoms with E-state index in [0.717, 1.165) is 19.4 Å². The molecule has 1 aromatic heterocycles. The number of hydrogen-bond donors (Lipinski definition) is 0. The molecule has 2 atom stereocenters. The summed E-state index contributed by atoms with van der Waals surface area (Å²) in [6.07, 6.45) is 12.8. The lowest BCUT2D eigenvalue weighted by Gasteiger charge is -2.38. The maximum Gasteiger partial charge on any atom is 0.112 e. The Morgan fingerprint density at radius 3 is 2.20 bits per heavy atom. The van der Waals surface area contributed by atoms with Crippen LogP contribution in [0.2, 0.25) is 0 Å². The number of aryl methyl sites for hydroxylation is 1. The van der Waals surface area contributed by atoms with Gasteiger partial charge in [-0.25, -0.2) is 4.98 Å². The topological polar surface area (TPSA) is 17.8 Å². The number of nitrogens with zero attached hydrogens (tertiary/aromatic N) is 2. The summed E-state index contributed by atoms with van der Waals surface area (Å²) < 4.78 is 2.42. The quantitative estimate of drug-likeness (QED) is 0.286. The number of unbranched alkanes of at least 4 members (excludes halogenated alkanes) is 4. The molecule has 2 unspecified atom stereocenters. The highest BCUT2D eigenvalue weighted by atomic mass is 15.1. The molecule has 0 amide bonds. The normalized spacial score (nSPS) is 14.4. The molecule has 160 valence electrons. The third-order valence-corrected chi connectivity index (χ3v) is 6.59. The molecule has 0 bridgehead atoms. The zero-order valence-electron chi connectivity index (χ0n) is 19.1. The molecule has 0 saturated heterocycles. The van der Waals surface area contributed by atoms with Gasteiger partial charge in [-0.2, -0.15) is 0 Å². The lowest BCUT2D eigenvalue weighted by atomic mass is 9.66. The van der Waals surface area contributed by atoms with Crippen LogP contribution in [0.1, 0.15) is 82.2 Å². The summed E-state index contributed by atoms with van der Waals surface area (Å²) in [7, 11) is 0. The Balaban J connectivity index is 1.89. The van der Waals surface area contributed by atoms with E-state index in [0.29, 0.717) is 5.92 Å². The fraction of sp³-hybridized carbons (Fsp3) is 0.464. The summed E-state index contributed by atoms with van der Waals surface area (Å²) in [6, 6.07) is 22.0. The van der Waals surface area contributed by atoms with Crippen molar-refractivity contribution in [3.8, 4) is 0 Å². The van der Waals surface area contributed by atoms with Gasteiger partial charge in [-0.05, 0) is 30.4 Å². The van der Waals surface area contributed by atoms with E-state index < -0.39 is 0 Å². The molecule has 30 heavy (non-hydrogen) atoms. The summed E-state index contributed by atoms with van der Waals surface area (Å²) in [5.74, 6) is 1.61. The highest BCUT2D eigenvalue weighted by Gasteiger charge is 2.38. The number of aromatic nitrogens is 2. The average Bonchev–Trinajstić information content (AvgIpc) is 3.23. The lowest BCUT2D eigenvalue weighted by molar-refractivity contribution is 0.338. The second-order valence-electron chi connectivity index (χ2n) is 8.80. The van der Waals surface area contributed by atoms with Crippen LogP contribution < -0.4 is 0 Å². The van der Waals surface area contributed by atoms with Crippen molar-refractivity contribution >= 4 is 0 Å². The average molecular weight is 403 g/mol. The predicted molar refractivity (Wildman–Crippen MR) is 128 cm³/mol. The van der Waals surface area contributed by atoms with Crippen LogP contribution in [0.3, 0.4) is 0 Å². The van der Waals surface area contributed by atoms with Crippen molar-refractivity contribution in [2.45, 2.75) is 83.6 Å². The molecule has 0 aliphatic carbocycles. The van der Waals surface area contributed by atoms with Crippen LogP contribution in [0.5, 0.6) is 0 Å². The van der Waals surface area contributed by atoms with Crippen LogP contribution in [0.15, 0.2) is 73.1 Å². The Morgan fingerprint density at radius 1 is 0.867 bits per heavy atom. The number of imidazole rings is 1. The number of benzene rings is 2. The van der Waals surface area contributed by atoms with Crippen LogP contribution in [0.4, 0.5) is 0 Å². The molecule has 2 nitrogen and oxygen atoms in total. The van der Waals surface area contributed by atoms with Crippen molar-refractivity contribution in [1.29, 1.82) is 0 Å². The second kappa shape index (κ2) is 11.2. The minimum absolute atomic E-state index is 0.0112. The van der Waals surface area contributed by atoms with E-state index in [1.807, 2.05) is 6.20 Å². The maximum atomic E-state index is 4.90. The molecule has 0 radical (unpaired) electrons. The Hall–Kier alpha value is -2.35. The summed E-state index contributed by atoms with van der Waals surface area (Å²) in [5, 5.41) is 0. The van der Waals surface area contributed by atoms with Crippen LogP contribution in [-0.4, -0.2) is 9.55 Å². The van der Waals surface area contributed by atoms with E-state index in [-0.39, 0.29) is 5.41 Å². The van der Waals surface area contributed by atoms with Crippen LogP contribution in [0, 0.1) is 0 Å². The Kier molecular flexibility index (Phi) is 8.30. The Bertz CT molecular complexity index is 853. The summed E-state index contributed by atoms with van der Waals surface area (Å²) in [5.41, 5.74) is 2.78. The minimum atomic E-state index is -0.0112. The molecule has 3 rings (SSSR count). The summed E-state index contributed by atoms with van der Waals surface area (Å²) >= 11 is 0. The number of hydrogen-bond acceptors (Lipinski definition) is 1. The van der Waals surface area contributed by atoms with Gasteiger partial charge < -0.3 is 4.57 Å². The monoisotopic (exact) mass is 402 g/mol. The highest BCUT2D eigenvalue weighted by Crippen LogP contribution is 2.43. The van der Waals surface area contributed by atoms with E-state index >= 15 is 0 Å². The molecule has 2 heteroatoms. The molecular weight excluding hydrogens is 364 g/mol. The fourth-order valence-electron chi connectivity index (χ4n) is 4.89. The first-order valence-corrected chi connectivity index (χ1v) is 11.8. The zero-order valence-corrected chi connectivity index (χ0v) is 19.1. The Labute approximate surface area is 183 Å². The van der Waals surface area contributed by atoms with Crippen molar-refractivity contribution < 1.29 is 0 Å². The van der Waals surface area contributed by atoms with Crippen molar-refractivity contribution in [2.24, 2.45) is 0 Å². The first-order valence-electron chi connectivity index (χ1n) is 11.8. The second-order valence-corrected chi connectivity index (χ2v) is 8.80. The first kappa shape index (κ1) is 22.3. The van der Waals surface area contributed by atoms with Crippen molar-refractivity contribution in [3.05, 3.63) is 90.0 Å². The van der Waals surface area contributed by atoms with E-state index in [4.69, 9.17) is 4.98 Å². The largest absolute Gasteiger partial charge is 0.335 e. The van der Waals surface area contributed by atoms with Gasteiger partial charge in [0, 0.05) is 30.3 Å². The zero-order chi connectivity index (χ0) is 21.2. The fourth-order valence-corrected chi connectivity index (χ4v) is 4.89. The van der Waals surface area contributed by atoms with Crippen molar-refractivity contribution in [2.75, 3.05) is 0 Å². The molecule has 0 aliphatic heterocycles. The van der Waals surface area contributed by atoms with Crippen molar-refractivity contribution in [1.82, 2.24) is 9.55 Å². The molecule has 0 fully saturated rings. The molecular formula is C28H38N2. The van der Waals surface area contributed by atoms with Gasteiger partial charge in [0.2, 0.25) is 0 Å². The van der Waals surface area contributed by atoms with Gasteiger partial charge in [-0.15, -0.1) is 0 Å². The van der Waals surface area contributed by atoms with E-state index in [1.165, 1.54) is 49.1 Å². The summed E-state index contributed by atoms with van der Waals surface area (Å²) in [6.45, 7) is 8.10. The van der Waals surface area contributed by atoms with Crippen molar-refractivity contribution in [3.63, 3.8) is 0 Å². The van der Waals surface area contributed by atoms with Crippen LogP contribution in [0.25, 0.3) is 0 Å². The molecule has 0 spiro atoms. The Morgan fingerprint density at radius 2 is 1.53 bits per heavy atom. The van der Waals surface area contributed by atoms with Gasteiger partial charge in [0.05, 0.1) is 0 Å². The van der Waals surface area contributed by atoms with Crippen LogP contribution >= 0.6 is 0 Å². The lowest BCUT2D eigenvalue weighted by Crippen LogP contribution is -2.34. The highest BCUT2D eigenvalue weighted by molar-refractivity contribution is 5.33. The smallest absolute Gasteiger partial charge is 0.112 e. The maximum absolute atomic E-state index is 4.90. The van der Waals surface area contributed by atoms with Gasteiger partial charge in [0.25, 0.3) is 0 Å². The van der Waals surface area contributed by atoms with E-state index in [1.54, 1.807) is 0 Å². The minimum Gasteiger partial charge on any atom is -0.335 e. The van der Waals surface area contributed by atoms with E-state index in [9.17, 15) is 0 Å². The molecule has 2 aromatic carbocycles. The van der Waals surface area contributed by atoms with Gasteiger partial charge >= 0.3 is 0 Å². The first-order chi connectivity index (χ1) is 14.7. The SMILES string of the molecule is CCCCCCCn1ccnc1C(CC)C(C)(Cc1ccccc1)c1ccccc1. The molecule has 0 saturated carbocycles. The molecule has 3 aromatic rings. The number of rotatable bonds is 12. The van der Waals surface area contributed by atoms with Gasteiger partial charge in [-0.3, -0.25) is 0 Å². The summed E-state index contributed by atoms with van der Waals surface area (Å²) in [4.78, 5) is 4.90. The van der Waals surface area contributed by atoms with Gasteiger partial charge in [0.15, 0.2) is 0 Å². The van der Waals surface area contributed by atoms with E-state index in [2.05, 4.69) is 92.2 Å².